The third kappa shape index (κ3) is 5.56. The van der Waals surface area contributed by atoms with E-state index in [-0.39, 0.29) is 22.3 Å². The number of aromatic amines is 1. The Morgan fingerprint density at radius 3 is 2.65 bits per heavy atom. The van der Waals surface area contributed by atoms with Crippen LogP contribution in [-0.2, 0) is 18.4 Å². The fourth-order valence-corrected chi connectivity index (χ4v) is 6.73. The SMILES string of the molecule is O=P(O)(O)CP(=O)(O)OCC1OC(n2cnc3c(Nc4cc5ccccc5[nH]4)nc(Cl)nc32)C(O)C1O. The van der Waals surface area contributed by atoms with Gasteiger partial charge in [0.15, 0.2) is 29.1 Å². The zero-order chi connectivity index (χ0) is 26.5. The molecule has 4 heterocycles. The van der Waals surface area contributed by atoms with E-state index < -0.39 is 52.2 Å². The van der Waals surface area contributed by atoms with Crippen LogP contribution in [0, 0.1) is 0 Å². The summed E-state index contributed by atoms with van der Waals surface area (Å²) in [6.45, 7) is -0.724. The Bertz CT molecular complexity index is 1520. The van der Waals surface area contributed by atoms with Gasteiger partial charge in [-0.15, -0.1) is 0 Å². The molecular formula is C19H21ClN6O9P2. The van der Waals surface area contributed by atoms with Crippen molar-refractivity contribution in [3.63, 3.8) is 0 Å². The van der Waals surface area contributed by atoms with Gasteiger partial charge in [0.1, 0.15) is 24.1 Å². The molecule has 37 heavy (non-hydrogen) atoms. The molecule has 0 amide bonds. The van der Waals surface area contributed by atoms with Gasteiger partial charge in [0.05, 0.1) is 12.9 Å². The van der Waals surface area contributed by atoms with Gasteiger partial charge in [-0.1, -0.05) is 18.2 Å². The van der Waals surface area contributed by atoms with Crippen LogP contribution in [0.15, 0.2) is 36.7 Å². The van der Waals surface area contributed by atoms with Gasteiger partial charge in [-0.3, -0.25) is 13.7 Å². The van der Waals surface area contributed by atoms with Crippen LogP contribution in [0.1, 0.15) is 6.23 Å². The van der Waals surface area contributed by atoms with Crippen molar-refractivity contribution in [3.8, 4) is 0 Å². The molecule has 0 aliphatic carbocycles. The van der Waals surface area contributed by atoms with Crippen molar-refractivity contribution in [1.29, 1.82) is 0 Å². The summed E-state index contributed by atoms with van der Waals surface area (Å²) in [5, 5.41) is 24.9. The van der Waals surface area contributed by atoms with Crippen molar-refractivity contribution in [2.75, 3.05) is 17.8 Å². The average molecular weight is 575 g/mol. The van der Waals surface area contributed by atoms with Crippen LogP contribution in [0.5, 0.6) is 0 Å². The number of aliphatic hydroxyl groups is 2. The van der Waals surface area contributed by atoms with E-state index >= 15 is 0 Å². The molecular weight excluding hydrogens is 554 g/mol. The summed E-state index contributed by atoms with van der Waals surface area (Å²) in [6.07, 6.45) is -4.37. The number of hydrogen-bond donors (Lipinski definition) is 7. The lowest BCUT2D eigenvalue weighted by molar-refractivity contribution is -0.0483. The first kappa shape index (κ1) is 26.2. The number of benzene rings is 1. The van der Waals surface area contributed by atoms with Crippen molar-refractivity contribution in [1.82, 2.24) is 24.5 Å². The molecule has 1 fully saturated rings. The summed E-state index contributed by atoms with van der Waals surface area (Å²) >= 11 is 6.14. The van der Waals surface area contributed by atoms with Crippen molar-refractivity contribution in [2.24, 2.45) is 0 Å². The van der Waals surface area contributed by atoms with Gasteiger partial charge in [-0.25, -0.2) is 4.98 Å². The second kappa shape index (κ2) is 9.71. The molecule has 0 saturated carbocycles. The van der Waals surface area contributed by atoms with E-state index in [0.717, 1.165) is 10.9 Å². The Hall–Kier alpha value is -2.42. The summed E-state index contributed by atoms with van der Waals surface area (Å²) in [6, 6.07) is 9.49. The molecule has 1 aliphatic heterocycles. The highest BCUT2D eigenvalue weighted by atomic mass is 35.5. The molecule has 18 heteroatoms. The molecule has 0 bridgehead atoms. The lowest BCUT2D eigenvalue weighted by Gasteiger charge is -2.18. The number of halogens is 1. The summed E-state index contributed by atoms with van der Waals surface area (Å²) in [4.78, 5) is 43.4. The smallest absolute Gasteiger partial charge is 0.340 e. The van der Waals surface area contributed by atoms with Gasteiger partial charge in [0, 0.05) is 10.9 Å². The Balaban J connectivity index is 1.38. The number of fused-ring (bicyclic) bond motifs is 2. The first-order chi connectivity index (χ1) is 17.4. The number of hydrogen-bond acceptors (Lipinski definition) is 10. The van der Waals surface area contributed by atoms with Crippen molar-refractivity contribution in [2.45, 2.75) is 24.5 Å². The first-order valence-electron chi connectivity index (χ1n) is 10.7. The van der Waals surface area contributed by atoms with Gasteiger partial charge in [0.2, 0.25) is 5.28 Å². The summed E-state index contributed by atoms with van der Waals surface area (Å²) in [5.74, 6) is -0.532. The minimum absolute atomic E-state index is 0.139. The van der Waals surface area contributed by atoms with Crippen LogP contribution in [0.3, 0.4) is 0 Å². The molecule has 5 atom stereocenters. The van der Waals surface area contributed by atoms with E-state index in [1.54, 1.807) is 0 Å². The lowest BCUT2D eigenvalue weighted by Crippen LogP contribution is -2.33. The predicted octanol–water partition coefficient (Wildman–Crippen LogP) is 1.66. The molecule has 3 aromatic heterocycles. The molecule has 1 aliphatic rings. The van der Waals surface area contributed by atoms with Crippen LogP contribution in [0.25, 0.3) is 22.1 Å². The third-order valence-electron chi connectivity index (χ3n) is 5.59. The van der Waals surface area contributed by atoms with Crippen LogP contribution < -0.4 is 5.32 Å². The van der Waals surface area contributed by atoms with Gasteiger partial charge in [-0.2, -0.15) is 9.97 Å². The molecule has 198 valence electrons. The minimum Gasteiger partial charge on any atom is -0.387 e. The molecule has 5 unspecified atom stereocenters. The maximum absolute atomic E-state index is 11.9. The van der Waals surface area contributed by atoms with E-state index in [4.69, 9.17) is 30.6 Å². The number of imidazole rings is 1. The number of para-hydroxylation sites is 1. The number of ether oxygens (including phenoxy) is 1. The molecule has 1 aromatic carbocycles. The quantitative estimate of drug-likeness (QED) is 0.117. The van der Waals surface area contributed by atoms with Crippen molar-refractivity contribution >= 4 is 60.5 Å². The van der Waals surface area contributed by atoms with Gasteiger partial charge in [-0.05, 0) is 23.7 Å². The Morgan fingerprint density at radius 1 is 1.16 bits per heavy atom. The lowest BCUT2D eigenvalue weighted by atomic mass is 10.1. The van der Waals surface area contributed by atoms with E-state index in [1.807, 2.05) is 30.3 Å². The highest BCUT2D eigenvalue weighted by molar-refractivity contribution is 7.70. The predicted molar refractivity (Wildman–Crippen MR) is 131 cm³/mol. The number of nitrogens with one attached hydrogen (secondary N) is 2. The van der Waals surface area contributed by atoms with Crippen LogP contribution in [-0.4, -0.2) is 80.2 Å². The number of rotatable bonds is 8. The number of anilines is 2. The second-order valence-electron chi connectivity index (χ2n) is 8.35. The summed E-state index contributed by atoms with van der Waals surface area (Å²) < 4.78 is 34.6. The maximum Gasteiger partial charge on any atom is 0.340 e. The van der Waals surface area contributed by atoms with Crippen molar-refractivity contribution in [3.05, 3.63) is 41.9 Å². The zero-order valence-electron chi connectivity index (χ0n) is 18.6. The number of nitrogens with zero attached hydrogens (tertiary/aromatic N) is 4. The monoisotopic (exact) mass is 574 g/mol. The fourth-order valence-electron chi connectivity index (χ4n) is 3.99. The Morgan fingerprint density at radius 2 is 1.92 bits per heavy atom. The number of H-pyrrole nitrogens is 1. The van der Waals surface area contributed by atoms with Gasteiger partial charge >= 0.3 is 15.2 Å². The van der Waals surface area contributed by atoms with E-state index in [0.29, 0.717) is 5.82 Å². The summed E-state index contributed by atoms with van der Waals surface area (Å²) in [5.41, 5.74) is 1.32. The second-order valence-corrected chi connectivity index (χ2v) is 12.7. The highest BCUT2D eigenvalue weighted by Gasteiger charge is 2.45. The molecule has 0 spiro atoms. The molecule has 1 saturated heterocycles. The normalized spacial score (nSPS) is 24.1. The molecule has 7 N–H and O–H groups in total. The zero-order valence-corrected chi connectivity index (χ0v) is 21.2. The van der Waals surface area contributed by atoms with Crippen molar-refractivity contribution < 1.29 is 43.3 Å². The topological polar surface area (TPSA) is 225 Å². The Kier molecular flexibility index (Phi) is 6.88. The first-order valence-corrected chi connectivity index (χ1v) is 14.6. The molecule has 4 aromatic rings. The molecule has 5 rings (SSSR count). The third-order valence-corrected chi connectivity index (χ3v) is 9.22. The van der Waals surface area contributed by atoms with E-state index in [1.165, 1.54) is 10.9 Å². The fraction of sp³-hybridized carbons (Fsp3) is 0.316. The van der Waals surface area contributed by atoms with Crippen LogP contribution in [0.2, 0.25) is 5.28 Å². The standard InChI is InChI=1S/C19H21ClN6O9P2/c20-19-24-16(23-12-5-9-3-1-2-4-10(9)22-12)13-17(25-19)26(7-21-13)18-15(28)14(27)11(35-18)6-34-37(32,33)8-36(29,30)31/h1-5,7,11,14-15,18,22,27-28H,6,8H2,(H,32,33)(H,23,24,25)(H2,29,30,31). The largest absolute Gasteiger partial charge is 0.387 e. The number of aromatic nitrogens is 5. The van der Waals surface area contributed by atoms with Crippen LogP contribution in [0.4, 0.5) is 11.6 Å². The maximum atomic E-state index is 11.9. The van der Waals surface area contributed by atoms with Gasteiger partial charge < -0.3 is 44.5 Å². The van der Waals surface area contributed by atoms with E-state index in [2.05, 4.69) is 25.3 Å². The molecule has 0 radical (unpaired) electrons. The highest BCUT2D eigenvalue weighted by Crippen LogP contribution is 2.55. The summed E-state index contributed by atoms with van der Waals surface area (Å²) in [7, 11) is -9.53. The van der Waals surface area contributed by atoms with Crippen LogP contribution >= 0.6 is 26.8 Å². The van der Waals surface area contributed by atoms with Gasteiger partial charge in [0.25, 0.3) is 0 Å². The molecule has 15 nitrogen and oxygen atoms in total. The minimum atomic E-state index is -4.84. The number of aliphatic hydroxyl groups excluding tert-OH is 2. The van der Waals surface area contributed by atoms with E-state index in [9.17, 15) is 24.2 Å². The average Bonchev–Trinajstić information content (AvgIpc) is 3.47. The Labute approximate surface area is 212 Å².